The van der Waals surface area contributed by atoms with Crippen molar-refractivity contribution >= 4 is 23.4 Å². The van der Waals surface area contributed by atoms with Crippen LogP contribution < -0.4 is 14.2 Å². The first-order valence-electron chi connectivity index (χ1n) is 7.80. The molecule has 0 spiro atoms. The van der Waals surface area contributed by atoms with Crippen molar-refractivity contribution in [1.82, 2.24) is 0 Å². The summed E-state index contributed by atoms with van der Waals surface area (Å²) in [6.07, 6.45) is 0. The lowest BCUT2D eigenvalue weighted by molar-refractivity contribution is -0.384. The smallest absolute Gasteiger partial charge is 0.316 e. The van der Waals surface area contributed by atoms with Crippen molar-refractivity contribution in [2.75, 3.05) is 27.1 Å². The molecule has 0 fully saturated rings. The van der Waals surface area contributed by atoms with E-state index in [1.807, 2.05) is 0 Å². The maximum Gasteiger partial charge on any atom is 0.316 e. The lowest BCUT2D eigenvalue weighted by Gasteiger charge is -2.14. The van der Waals surface area contributed by atoms with Gasteiger partial charge in [0, 0.05) is 17.0 Å². The molecule has 0 aromatic heterocycles. The molecule has 2 aromatic carbocycles. The van der Waals surface area contributed by atoms with Crippen LogP contribution in [0.15, 0.2) is 41.3 Å². The maximum atomic E-state index is 12.0. The lowest BCUT2D eigenvalue weighted by Crippen LogP contribution is -2.07. The number of nitrogens with zero attached hydrogens (tertiary/aromatic N) is 1. The van der Waals surface area contributed by atoms with E-state index in [1.165, 1.54) is 45.2 Å². The van der Waals surface area contributed by atoms with E-state index in [-0.39, 0.29) is 18.0 Å². The third kappa shape index (κ3) is 5.52. The minimum Gasteiger partial charge on any atom is -0.493 e. The topological polar surface area (TPSA) is 97.1 Å². The van der Waals surface area contributed by atoms with E-state index in [9.17, 15) is 14.9 Å². The predicted octanol–water partition coefficient (Wildman–Crippen LogP) is 3.46. The highest BCUT2D eigenvalue weighted by Gasteiger charge is 2.14. The molecular weight excluding hydrogens is 374 g/mol. The molecule has 2 aromatic rings. The van der Waals surface area contributed by atoms with Gasteiger partial charge >= 0.3 is 5.97 Å². The Morgan fingerprint density at radius 2 is 1.63 bits per heavy atom. The van der Waals surface area contributed by atoms with E-state index in [2.05, 4.69) is 0 Å². The average molecular weight is 393 g/mol. The van der Waals surface area contributed by atoms with Gasteiger partial charge in [0.05, 0.1) is 32.0 Å². The number of non-ortho nitro benzene ring substituents is 1. The molecule has 0 N–H and O–H groups in total. The fourth-order valence-electron chi connectivity index (χ4n) is 2.23. The van der Waals surface area contributed by atoms with Crippen molar-refractivity contribution in [3.63, 3.8) is 0 Å². The molecule has 0 unspecified atom stereocenters. The first-order valence-corrected chi connectivity index (χ1v) is 8.78. The maximum absolute atomic E-state index is 12.0. The predicted molar refractivity (Wildman–Crippen MR) is 99.7 cm³/mol. The van der Waals surface area contributed by atoms with Gasteiger partial charge in [-0.2, -0.15) is 0 Å². The Labute approximate surface area is 160 Å². The summed E-state index contributed by atoms with van der Waals surface area (Å²) < 4.78 is 21.0. The number of carbonyl (C=O) groups is 1. The zero-order valence-corrected chi connectivity index (χ0v) is 15.9. The third-order valence-corrected chi connectivity index (χ3v) is 4.51. The molecule has 0 aliphatic carbocycles. The zero-order chi connectivity index (χ0) is 19.8. The van der Waals surface area contributed by atoms with Crippen LogP contribution in [0.25, 0.3) is 0 Å². The van der Waals surface area contributed by atoms with Gasteiger partial charge in [-0.15, -0.1) is 11.8 Å². The van der Waals surface area contributed by atoms with Gasteiger partial charge in [-0.25, -0.2) is 0 Å². The fourth-order valence-corrected chi connectivity index (χ4v) is 2.93. The molecule has 0 aliphatic rings. The third-order valence-electron chi connectivity index (χ3n) is 3.53. The summed E-state index contributed by atoms with van der Waals surface area (Å²) >= 11 is 1.24. The Morgan fingerprint density at radius 1 is 1.04 bits per heavy atom. The van der Waals surface area contributed by atoms with Crippen LogP contribution in [0.3, 0.4) is 0 Å². The van der Waals surface area contributed by atoms with E-state index in [0.29, 0.717) is 22.8 Å². The van der Waals surface area contributed by atoms with E-state index < -0.39 is 10.9 Å². The second-order valence-electron chi connectivity index (χ2n) is 5.23. The number of nitro groups is 1. The van der Waals surface area contributed by atoms with Gasteiger partial charge < -0.3 is 18.9 Å². The molecule has 0 saturated heterocycles. The molecule has 0 radical (unpaired) electrons. The first-order chi connectivity index (χ1) is 13.0. The highest BCUT2D eigenvalue weighted by Crippen LogP contribution is 2.38. The van der Waals surface area contributed by atoms with Crippen molar-refractivity contribution in [2.24, 2.45) is 0 Å². The lowest BCUT2D eigenvalue weighted by atomic mass is 10.2. The summed E-state index contributed by atoms with van der Waals surface area (Å²) in [6.45, 7) is 0.0520. The van der Waals surface area contributed by atoms with Crippen LogP contribution in [0.4, 0.5) is 5.69 Å². The van der Waals surface area contributed by atoms with Crippen molar-refractivity contribution in [3.05, 3.63) is 52.1 Å². The normalized spacial score (nSPS) is 10.2. The molecule has 0 bridgehead atoms. The van der Waals surface area contributed by atoms with E-state index in [1.54, 1.807) is 24.3 Å². The van der Waals surface area contributed by atoms with Crippen LogP contribution in [-0.4, -0.2) is 38.0 Å². The molecule has 144 valence electrons. The van der Waals surface area contributed by atoms with Crippen LogP contribution in [0.1, 0.15) is 5.56 Å². The van der Waals surface area contributed by atoms with Gasteiger partial charge in [0.2, 0.25) is 5.75 Å². The number of nitro benzene ring substituents is 1. The van der Waals surface area contributed by atoms with Crippen LogP contribution in [0.5, 0.6) is 17.2 Å². The number of methoxy groups -OCH3 is 3. The van der Waals surface area contributed by atoms with Crippen molar-refractivity contribution in [3.8, 4) is 17.2 Å². The Morgan fingerprint density at radius 3 is 2.11 bits per heavy atom. The van der Waals surface area contributed by atoms with Crippen LogP contribution in [0.2, 0.25) is 0 Å². The van der Waals surface area contributed by atoms with Gasteiger partial charge in [0.15, 0.2) is 11.5 Å². The number of esters is 1. The van der Waals surface area contributed by atoms with Gasteiger partial charge in [0.25, 0.3) is 5.69 Å². The zero-order valence-electron chi connectivity index (χ0n) is 15.1. The van der Waals surface area contributed by atoms with Crippen LogP contribution >= 0.6 is 11.8 Å². The minimum absolute atomic E-state index is 0.00401. The summed E-state index contributed by atoms with van der Waals surface area (Å²) in [5.41, 5.74) is 0.697. The Kier molecular flexibility index (Phi) is 7.30. The quantitative estimate of drug-likeness (QED) is 0.277. The van der Waals surface area contributed by atoms with Gasteiger partial charge in [0.1, 0.15) is 6.61 Å². The summed E-state index contributed by atoms with van der Waals surface area (Å²) in [7, 11) is 4.53. The van der Waals surface area contributed by atoms with Gasteiger partial charge in [-0.05, 0) is 29.8 Å². The van der Waals surface area contributed by atoms with E-state index >= 15 is 0 Å². The van der Waals surface area contributed by atoms with Crippen molar-refractivity contribution in [1.29, 1.82) is 0 Å². The van der Waals surface area contributed by atoms with Gasteiger partial charge in [-0.1, -0.05) is 0 Å². The number of thioether (sulfide) groups is 1. The van der Waals surface area contributed by atoms with Crippen molar-refractivity contribution < 1.29 is 28.7 Å². The Hall–Kier alpha value is -2.94. The monoisotopic (exact) mass is 393 g/mol. The Bertz CT molecular complexity index is 783. The van der Waals surface area contributed by atoms with Crippen LogP contribution in [-0.2, 0) is 16.1 Å². The summed E-state index contributed by atoms with van der Waals surface area (Å²) in [5.74, 6) is 1.09. The molecule has 9 heteroatoms. The van der Waals surface area contributed by atoms with Crippen molar-refractivity contribution in [2.45, 2.75) is 11.5 Å². The second-order valence-corrected chi connectivity index (χ2v) is 6.28. The largest absolute Gasteiger partial charge is 0.493 e. The molecule has 8 nitrogen and oxygen atoms in total. The van der Waals surface area contributed by atoms with E-state index in [0.717, 1.165) is 4.90 Å². The molecule has 0 saturated carbocycles. The standard InChI is InChI=1S/C18H19NO7S/c1-23-15-8-12(9-16(24-2)18(15)25-3)10-26-17(20)11-27-14-6-4-13(5-7-14)19(21)22/h4-9H,10-11H2,1-3H3. The fraction of sp³-hybridized carbons (Fsp3) is 0.278. The number of rotatable bonds is 9. The number of carbonyl (C=O) groups excluding carboxylic acids is 1. The molecule has 0 heterocycles. The number of ether oxygens (including phenoxy) is 4. The second kappa shape index (κ2) is 9.67. The summed E-state index contributed by atoms with van der Waals surface area (Å²) in [5, 5.41) is 10.6. The SMILES string of the molecule is COc1cc(COC(=O)CSc2ccc([N+](=O)[O-])cc2)cc(OC)c1OC. The van der Waals surface area contributed by atoms with E-state index in [4.69, 9.17) is 18.9 Å². The molecule has 27 heavy (non-hydrogen) atoms. The highest BCUT2D eigenvalue weighted by atomic mass is 32.2. The molecule has 2 rings (SSSR count). The molecular formula is C18H19NO7S. The van der Waals surface area contributed by atoms with Crippen LogP contribution in [0, 0.1) is 10.1 Å². The number of hydrogen-bond acceptors (Lipinski definition) is 8. The molecule has 0 amide bonds. The summed E-state index contributed by atoms with van der Waals surface area (Å²) in [6, 6.07) is 9.38. The van der Waals surface area contributed by atoms with Gasteiger partial charge in [-0.3, -0.25) is 14.9 Å². The number of benzene rings is 2. The average Bonchev–Trinajstić information content (AvgIpc) is 2.69. The first kappa shape index (κ1) is 20.4. The number of hydrogen-bond donors (Lipinski definition) is 0. The Balaban J connectivity index is 1.92. The highest BCUT2D eigenvalue weighted by molar-refractivity contribution is 8.00. The molecule has 0 atom stereocenters. The molecule has 0 aliphatic heterocycles. The summed E-state index contributed by atoms with van der Waals surface area (Å²) in [4.78, 5) is 22.9. The minimum atomic E-state index is -0.472.